The van der Waals surface area contributed by atoms with Crippen LogP contribution in [-0.2, 0) is 13.1 Å². The highest BCUT2D eigenvalue weighted by molar-refractivity contribution is 5.29. The van der Waals surface area contributed by atoms with Gasteiger partial charge in [0.1, 0.15) is 0 Å². The third-order valence-electron chi connectivity index (χ3n) is 5.51. The fraction of sp³-hybridized carbons (Fsp3) is 0.280. The number of nitrogens with zero attached hydrogens (tertiary/aromatic N) is 2. The van der Waals surface area contributed by atoms with Crippen LogP contribution in [0.1, 0.15) is 34.8 Å². The third kappa shape index (κ3) is 4.29. The maximum Gasteiger partial charge on any atom is 0.0894 e. The van der Waals surface area contributed by atoms with Gasteiger partial charge in [-0.3, -0.25) is 9.80 Å². The van der Waals surface area contributed by atoms with E-state index in [2.05, 4.69) is 102 Å². The van der Waals surface area contributed by atoms with Gasteiger partial charge in [0.15, 0.2) is 0 Å². The maximum absolute atomic E-state index is 2.64. The van der Waals surface area contributed by atoms with Gasteiger partial charge in [-0.05, 0) is 35.6 Å². The number of rotatable bonds is 5. The van der Waals surface area contributed by atoms with E-state index in [4.69, 9.17) is 0 Å². The molecule has 1 aliphatic heterocycles. The highest BCUT2D eigenvalue weighted by Gasteiger charge is 2.31. The molecule has 0 saturated carbocycles. The van der Waals surface area contributed by atoms with Gasteiger partial charge in [0.2, 0.25) is 0 Å². The molecule has 2 nitrogen and oxygen atoms in total. The fourth-order valence-corrected chi connectivity index (χ4v) is 4.19. The van der Waals surface area contributed by atoms with Gasteiger partial charge in [-0.2, -0.15) is 0 Å². The van der Waals surface area contributed by atoms with Crippen molar-refractivity contribution in [1.82, 2.24) is 9.80 Å². The molecule has 0 spiro atoms. The zero-order valence-electron chi connectivity index (χ0n) is 16.1. The van der Waals surface area contributed by atoms with Crippen LogP contribution in [0.2, 0.25) is 0 Å². The highest BCUT2D eigenvalue weighted by Crippen LogP contribution is 2.33. The minimum atomic E-state index is 0.320. The first-order valence-corrected chi connectivity index (χ1v) is 9.93. The number of hydrogen-bond donors (Lipinski definition) is 0. The van der Waals surface area contributed by atoms with Crippen molar-refractivity contribution >= 4 is 0 Å². The van der Waals surface area contributed by atoms with Crippen molar-refractivity contribution in [3.63, 3.8) is 0 Å². The van der Waals surface area contributed by atoms with Gasteiger partial charge in [0.25, 0.3) is 0 Å². The van der Waals surface area contributed by atoms with Gasteiger partial charge >= 0.3 is 0 Å². The van der Waals surface area contributed by atoms with Crippen LogP contribution in [-0.4, -0.2) is 22.9 Å². The van der Waals surface area contributed by atoms with E-state index >= 15 is 0 Å². The maximum atomic E-state index is 2.64. The summed E-state index contributed by atoms with van der Waals surface area (Å²) in [6.07, 6.45) is 1.53. The summed E-state index contributed by atoms with van der Waals surface area (Å²) < 4.78 is 0. The molecule has 3 aromatic rings. The van der Waals surface area contributed by atoms with E-state index in [0.29, 0.717) is 6.17 Å². The predicted octanol–water partition coefficient (Wildman–Crippen LogP) is 5.40. The van der Waals surface area contributed by atoms with Gasteiger partial charge in [0, 0.05) is 26.2 Å². The van der Waals surface area contributed by atoms with Crippen LogP contribution in [0.3, 0.4) is 0 Å². The molecule has 2 heteroatoms. The zero-order chi connectivity index (χ0) is 18.5. The van der Waals surface area contributed by atoms with Gasteiger partial charge in [-0.15, -0.1) is 0 Å². The Hall–Kier alpha value is -2.42. The Labute approximate surface area is 163 Å². The van der Waals surface area contributed by atoms with Crippen molar-refractivity contribution in [2.24, 2.45) is 0 Å². The van der Waals surface area contributed by atoms with Gasteiger partial charge in [0.05, 0.1) is 6.17 Å². The first-order chi connectivity index (χ1) is 13.3. The normalized spacial score (nSPS) is 16.5. The standard InChI is InChI=1S/C25H28N2/c1-21-11-8-9-16-24(21)25-26(19-22-12-4-2-5-13-22)17-10-18-27(25)20-23-14-6-3-7-15-23/h2-9,11-16,25H,10,17-20H2,1H3. The lowest BCUT2D eigenvalue weighted by atomic mass is 10.00. The second kappa shape index (κ2) is 8.51. The Balaban J connectivity index is 1.66. The molecule has 0 aliphatic carbocycles. The lowest BCUT2D eigenvalue weighted by Gasteiger charge is -2.45. The topological polar surface area (TPSA) is 6.48 Å². The van der Waals surface area contributed by atoms with Crippen LogP contribution in [0.25, 0.3) is 0 Å². The lowest BCUT2D eigenvalue weighted by Crippen LogP contribution is -2.47. The SMILES string of the molecule is Cc1ccccc1C1N(Cc2ccccc2)CCCN1Cc1ccccc1. The molecule has 27 heavy (non-hydrogen) atoms. The smallest absolute Gasteiger partial charge is 0.0894 e. The largest absolute Gasteiger partial charge is 0.280 e. The Kier molecular flexibility index (Phi) is 5.66. The third-order valence-corrected chi connectivity index (χ3v) is 5.51. The molecule has 4 rings (SSSR count). The zero-order valence-corrected chi connectivity index (χ0v) is 16.1. The molecule has 1 heterocycles. The Morgan fingerprint density at radius 3 is 1.67 bits per heavy atom. The molecule has 1 saturated heterocycles. The molecule has 0 radical (unpaired) electrons. The van der Waals surface area contributed by atoms with Crippen molar-refractivity contribution in [3.05, 3.63) is 107 Å². The second-order valence-electron chi connectivity index (χ2n) is 7.50. The average molecular weight is 357 g/mol. The lowest BCUT2D eigenvalue weighted by molar-refractivity contribution is -0.00945. The quantitative estimate of drug-likeness (QED) is 0.604. The van der Waals surface area contributed by atoms with E-state index in [1.165, 1.54) is 28.7 Å². The molecule has 0 bridgehead atoms. The van der Waals surface area contributed by atoms with Crippen LogP contribution >= 0.6 is 0 Å². The fourth-order valence-electron chi connectivity index (χ4n) is 4.19. The Morgan fingerprint density at radius 1 is 0.667 bits per heavy atom. The Bertz CT molecular complexity index is 795. The molecule has 0 aromatic heterocycles. The Morgan fingerprint density at radius 2 is 1.15 bits per heavy atom. The minimum Gasteiger partial charge on any atom is -0.280 e. The van der Waals surface area contributed by atoms with E-state index in [1.54, 1.807) is 0 Å². The summed E-state index contributed by atoms with van der Waals surface area (Å²) in [7, 11) is 0. The summed E-state index contributed by atoms with van der Waals surface area (Å²) >= 11 is 0. The molecule has 1 fully saturated rings. The average Bonchev–Trinajstić information content (AvgIpc) is 2.71. The summed E-state index contributed by atoms with van der Waals surface area (Å²) in [5, 5.41) is 0. The molecule has 0 N–H and O–H groups in total. The van der Waals surface area contributed by atoms with E-state index in [-0.39, 0.29) is 0 Å². The number of benzene rings is 3. The molecular weight excluding hydrogens is 328 g/mol. The van der Waals surface area contributed by atoms with E-state index in [9.17, 15) is 0 Å². The molecular formula is C25H28N2. The summed E-state index contributed by atoms with van der Waals surface area (Å²) in [6.45, 7) is 6.50. The minimum absolute atomic E-state index is 0.320. The number of hydrogen-bond acceptors (Lipinski definition) is 2. The first kappa shape index (κ1) is 18.0. The monoisotopic (exact) mass is 356 g/mol. The molecule has 0 unspecified atom stereocenters. The van der Waals surface area contributed by atoms with Crippen LogP contribution in [0.4, 0.5) is 0 Å². The predicted molar refractivity (Wildman–Crippen MR) is 112 cm³/mol. The van der Waals surface area contributed by atoms with E-state index < -0.39 is 0 Å². The molecule has 1 aliphatic rings. The van der Waals surface area contributed by atoms with Crippen molar-refractivity contribution in [2.45, 2.75) is 32.6 Å². The number of aryl methyl sites for hydroxylation is 1. The first-order valence-electron chi connectivity index (χ1n) is 9.93. The van der Waals surface area contributed by atoms with Crippen molar-refractivity contribution in [3.8, 4) is 0 Å². The van der Waals surface area contributed by atoms with E-state index in [0.717, 1.165) is 26.2 Å². The van der Waals surface area contributed by atoms with Gasteiger partial charge in [-0.1, -0.05) is 84.9 Å². The molecule has 138 valence electrons. The summed E-state index contributed by atoms with van der Waals surface area (Å²) in [6, 6.07) is 30.6. The van der Waals surface area contributed by atoms with Gasteiger partial charge in [-0.25, -0.2) is 0 Å². The second-order valence-corrected chi connectivity index (χ2v) is 7.50. The highest BCUT2D eigenvalue weighted by atomic mass is 15.4. The van der Waals surface area contributed by atoms with Crippen LogP contribution in [0.5, 0.6) is 0 Å². The van der Waals surface area contributed by atoms with Crippen molar-refractivity contribution < 1.29 is 0 Å². The molecule has 0 amide bonds. The summed E-state index contributed by atoms with van der Waals surface area (Å²) in [4.78, 5) is 5.29. The van der Waals surface area contributed by atoms with E-state index in [1.807, 2.05) is 0 Å². The van der Waals surface area contributed by atoms with Crippen LogP contribution in [0, 0.1) is 6.92 Å². The molecule has 3 aromatic carbocycles. The molecule has 0 atom stereocenters. The van der Waals surface area contributed by atoms with Crippen molar-refractivity contribution in [2.75, 3.05) is 13.1 Å². The summed E-state index contributed by atoms with van der Waals surface area (Å²) in [5.41, 5.74) is 5.58. The van der Waals surface area contributed by atoms with Crippen molar-refractivity contribution in [1.29, 1.82) is 0 Å². The van der Waals surface area contributed by atoms with Crippen LogP contribution < -0.4 is 0 Å². The summed E-state index contributed by atoms with van der Waals surface area (Å²) in [5.74, 6) is 0. The van der Waals surface area contributed by atoms with Gasteiger partial charge < -0.3 is 0 Å². The van der Waals surface area contributed by atoms with Crippen LogP contribution in [0.15, 0.2) is 84.9 Å².